The summed E-state index contributed by atoms with van der Waals surface area (Å²) in [4.78, 5) is 13.0. The molecule has 2 rings (SSSR count). The summed E-state index contributed by atoms with van der Waals surface area (Å²) in [5.41, 5.74) is 2.72. The standard InChI is InChI=1S/C14H14BrNO2S/c1-16(8-11-6-13(15)19-9-11)7-10-2-4-12(5-3-10)14(17)18/h2-6,9H,7-8H2,1H3,(H,17,18). The van der Waals surface area contributed by atoms with Crippen LogP contribution in [0.25, 0.3) is 0 Å². The molecule has 0 fully saturated rings. The first-order valence-corrected chi connectivity index (χ1v) is 7.45. The number of hydrogen-bond acceptors (Lipinski definition) is 3. The zero-order chi connectivity index (χ0) is 13.8. The van der Waals surface area contributed by atoms with Crippen molar-refractivity contribution in [3.05, 3.63) is 56.2 Å². The molecule has 3 nitrogen and oxygen atoms in total. The molecule has 5 heteroatoms. The highest BCUT2D eigenvalue weighted by molar-refractivity contribution is 9.11. The summed E-state index contributed by atoms with van der Waals surface area (Å²) in [6.07, 6.45) is 0. The summed E-state index contributed by atoms with van der Waals surface area (Å²) in [5.74, 6) is -0.886. The van der Waals surface area contributed by atoms with E-state index in [2.05, 4.69) is 39.3 Å². The monoisotopic (exact) mass is 339 g/mol. The highest BCUT2D eigenvalue weighted by Crippen LogP contribution is 2.21. The minimum Gasteiger partial charge on any atom is -0.478 e. The number of rotatable bonds is 5. The van der Waals surface area contributed by atoms with Crippen molar-refractivity contribution in [3.8, 4) is 0 Å². The van der Waals surface area contributed by atoms with Crippen LogP contribution in [0.5, 0.6) is 0 Å². The third-order valence-corrected chi connectivity index (χ3v) is 4.28. The van der Waals surface area contributed by atoms with Gasteiger partial charge in [-0.15, -0.1) is 11.3 Å². The highest BCUT2D eigenvalue weighted by atomic mass is 79.9. The zero-order valence-corrected chi connectivity index (χ0v) is 12.9. The number of benzene rings is 1. The minimum atomic E-state index is -0.886. The molecule has 0 atom stereocenters. The van der Waals surface area contributed by atoms with Crippen molar-refractivity contribution in [3.63, 3.8) is 0 Å². The highest BCUT2D eigenvalue weighted by Gasteiger charge is 2.05. The summed E-state index contributed by atoms with van der Waals surface area (Å²) >= 11 is 5.14. The minimum absolute atomic E-state index is 0.327. The Morgan fingerprint density at radius 2 is 1.89 bits per heavy atom. The lowest BCUT2D eigenvalue weighted by molar-refractivity contribution is 0.0697. The van der Waals surface area contributed by atoms with Crippen molar-refractivity contribution in [2.24, 2.45) is 0 Å². The molecule has 0 saturated heterocycles. The fourth-order valence-electron chi connectivity index (χ4n) is 1.86. The van der Waals surface area contributed by atoms with Crippen molar-refractivity contribution in [2.45, 2.75) is 13.1 Å². The van der Waals surface area contributed by atoms with Gasteiger partial charge in [-0.25, -0.2) is 4.79 Å². The Hall–Kier alpha value is -1.17. The third kappa shape index (κ3) is 4.16. The van der Waals surface area contributed by atoms with Crippen LogP contribution in [0.4, 0.5) is 0 Å². The van der Waals surface area contributed by atoms with Gasteiger partial charge >= 0.3 is 5.97 Å². The molecule has 0 aliphatic heterocycles. The second-order valence-corrected chi connectivity index (χ2v) is 6.72. The number of nitrogens with zero attached hydrogens (tertiary/aromatic N) is 1. The fourth-order valence-corrected chi connectivity index (χ4v) is 3.06. The van der Waals surface area contributed by atoms with Crippen molar-refractivity contribution < 1.29 is 9.90 Å². The summed E-state index contributed by atoms with van der Waals surface area (Å²) in [6.45, 7) is 1.68. The van der Waals surface area contributed by atoms with Crippen molar-refractivity contribution in [1.82, 2.24) is 4.90 Å². The van der Waals surface area contributed by atoms with E-state index in [1.165, 1.54) is 5.56 Å². The third-order valence-electron chi connectivity index (χ3n) is 2.73. The van der Waals surface area contributed by atoms with E-state index in [0.717, 1.165) is 22.4 Å². The van der Waals surface area contributed by atoms with E-state index in [1.807, 2.05) is 12.1 Å². The molecule has 0 bridgehead atoms. The van der Waals surface area contributed by atoms with Gasteiger partial charge in [-0.1, -0.05) is 12.1 Å². The molecule has 1 N–H and O–H groups in total. The molecule has 1 aromatic heterocycles. The molecular weight excluding hydrogens is 326 g/mol. The van der Waals surface area contributed by atoms with Gasteiger partial charge in [0.2, 0.25) is 0 Å². The number of aromatic carboxylic acids is 1. The SMILES string of the molecule is CN(Cc1ccc(C(=O)O)cc1)Cc1csc(Br)c1. The van der Waals surface area contributed by atoms with Gasteiger partial charge in [-0.2, -0.15) is 0 Å². The van der Waals surface area contributed by atoms with E-state index >= 15 is 0 Å². The zero-order valence-electron chi connectivity index (χ0n) is 10.5. The summed E-state index contributed by atoms with van der Waals surface area (Å²) in [5, 5.41) is 11.0. The molecule has 0 aliphatic rings. The maximum absolute atomic E-state index is 10.8. The van der Waals surface area contributed by atoms with Gasteiger partial charge in [0.05, 0.1) is 9.35 Å². The number of carbonyl (C=O) groups is 1. The molecule has 0 spiro atoms. The smallest absolute Gasteiger partial charge is 0.335 e. The van der Waals surface area contributed by atoms with Gasteiger partial charge in [0.25, 0.3) is 0 Å². The topological polar surface area (TPSA) is 40.5 Å². The first-order valence-electron chi connectivity index (χ1n) is 5.78. The van der Waals surface area contributed by atoms with Crippen LogP contribution < -0.4 is 0 Å². The number of hydrogen-bond donors (Lipinski definition) is 1. The van der Waals surface area contributed by atoms with E-state index in [1.54, 1.807) is 23.5 Å². The summed E-state index contributed by atoms with van der Waals surface area (Å²) in [6, 6.07) is 9.14. The molecule has 0 radical (unpaired) electrons. The maximum Gasteiger partial charge on any atom is 0.335 e. The fraction of sp³-hybridized carbons (Fsp3) is 0.214. The molecule has 2 aromatic rings. The second-order valence-electron chi connectivity index (χ2n) is 4.43. The van der Waals surface area contributed by atoms with E-state index in [-0.39, 0.29) is 0 Å². The largest absolute Gasteiger partial charge is 0.478 e. The van der Waals surface area contributed by atoms with E-state index in [0.29, 0.717) is 5.56 Å². The van der Waals surface area contributed by atoms with Crippen LogP contribution in [0.1, 0.15) is 21.5 Å². The van der Waals surface area contributed by atoms with Gasteiger partial charge in [0.15, 0.2) is 0 Å². The molecule has 0 unspecified atom stereocenters. The Kier molecular flexibility index (Phi) is 4.74. The quantitative estimate of drug-likeness (QED) is 0.899. The first-order chi connectivity index (χ1) is 9.04. The summed E-state index contributed by atoms with van der Waals surface area (Å²) in [7, 11) is 2.05. The van der Waals surface area contributed by atoms with Crippen LogP contribution in [0.2, 0.25) is 0 Å². The molecule has 0 saturated carbocycles. The van der Waals surface area contributed by atoms with Crippen LogP contribution >= 0.6 is 27.3 Å². The van der Waals surface area contributed by atoms with Gasteiger partial charge in [0, 0.05) is 13.1 Å². The number of carboxylic acids is 1. The average molecular weight is 340 g/mol. The average Bonchev–Trinajstić information content (AvgIpc) is 2.75. The lowest BCUT2D eigenvalue weighted by Gasteiger charge is -2.15. The van der Waals surface area contributed by atoms with Gasteiger partial charge < -0.3 is 5.11 Å². The Balaban J connectivity index is 1.94. The Morgan fingerprint density at radius 1 is 1.26 bits per heavy atom. The lowest BCUT2D eigenvalue weighted by atomic mass is 10.1. The normalized spacial score (nSPS) is 10.9. The lowest BCUT2D eigenvalue weighted by Crippen LogP contribution is -2.16. The van der Waals surface area contributed by atoms with Crippen LogP contribution in [-0.4, -0.2) is 23.0 Å². The Labute approximate surface area is 124 Å². The van der Waals surface area contributed by atoms with Gasteiger partial charge in [-0.05, 0) is 57.7 Å². The van der Waals surface area contributed by atoms with Crippen LogP contribution in [-0.2, 0) is 13.1 Å². The molecular formula is C14H14BrNO2S. The molecule has 1 heterocycles. The van der Waals surface area contributed by atoms with Crippen LogP contribution in [0.15, 0.2) is 39.5 Å². The number of halogens is 1. The van der Waals surface area contributed by atoms with E-state index in [4.69, 9.17) is 5.11 Å². The Morgan fingerprint density at radius 3 is 2.42 bits per heavy atom. The van der Waals surface area contributed by atoms with Crippen molar-refractivity contribution >= 4 is 33.2 Å². The molecule has 19 heavy (non-hydrogen) atoms. The number of carboxylic acid groups (broad SMARTS) is 1. The van der Waals surface area contributed by atoms with E-state index < -0.39 is 5.97 Å². The van der Waals surface area contributed by atoms with Crippen molar-refractivity contribution in [2.75, 3.05) is 7.05 Å². The van der Waals surface area contributed by atoms with E-state index in [9.17, 15) is 4.79 Å². The number of thiophene rings is 1. The second kappa shape index (κ2) is 6.32. The first kappa shape index (κ1) is 14.2. The van der Waals surface area contributed by atoms with Gasteiger partial charge in [-0.3, -0.25) is 4.90 Å². The molecule has 0 aliphatic carbocycles. The van der Waals surface area contributed by atoms with Crippen LogP contribution in [0.3, 0.4) is 0 Å². The van der Waals surface area contributed by atoms with Gasteiger partial charge in [0.1, 0.15) is 0 Å². The Bertz CT molecular complexity index is 565. The maximum atomic E-state index is 10.8. The van der Waals surface area contributed by atoms with Crippen molar-refractivity contribution in [1.29, 1.82) is 0 Å². The summed E-state index contributed by atoms with van der Waals surface area (Å²) < 4.78 is 1.14. The molecule has 1 aromatic carbocycles. The predicted molar refractivity (Wildman–Crippen MR) is 80.6 cm³/mol. The predicted octanol–water partition coefficient (Wildman–Crippen LogP) is 3.84. The molecule has 100 valence electrons. The van der Waals surface area contributed by atoms with Crippen LogP contribution in [0, 0.1) is 0 Å². The molecule has 0 amide bonds.